The number of benzene rings is 3. The Morgan fingerprint density at radius 2 is 1.93 bits per heavy atom. The summed E-state index contributed by atoms with van der Waals surface area (Å²) in [4.78, 5) is 12.0. The lowest BCUT2D eigenvalue weighted by atomic mass is 9.72. The molecule has 0 aliphatic carbocycles. The fourth-order valence-corrected chi connectivity index (χ4v) is 7.12. The van der Waals surface area contributed by atoms with Crippen molar-refractivity contribution in [3.63, 3.8) is 0 Å². The van der Waals surface area contributed by atoms with Crippen molar-refractivity contribution in [1.82, 2.24) is 14.5 Å². The normalized spacial score (nSPS) is 23.6. The number of amidine groups is 1. The lowest BCUT2D eigenvalue weighted by Crippen LogP contribution is -2.53. The molecule has 1 fully saturated rings. The number of hydrogen-bond donors (Lipinski definition) is 0. The van der Waals surface area contributed by atoms with Gasteiger partial charge in [-0.25, -0.2) is 9.37 Å². The number of fused-ring (bicyclic) bond motifs is 4. The van der Waals surface area contributed by atoms with Crippen LogP contribution in [0.2, 0.25) is 0 Å². The monoisotopic (exact) mass is 546 g/mol. The molecule has 2 unspecified atom stereocenters. The lowest BCUT2D eigenvalue weighted by molar-refractivity contribution is 0.170. The molecule has 6 nitrogen and oxygen atoms in total. The van der Waals surface area contributed by atoms with Gasteiger partial charge in [0, 0.05) is 36.8 Å². The van der Waals surface area contributed by atoms with E-state index in [-0.39, 0.29) is 17.3 Å². The largest absolute Gasteiger partial charge is 0.492 e. The first-order valence-corrected chi connectivity index (χ1v) is 14.4. The number of nitrogens with zero attached hydrogens (tertiary/aromatic N) is 4. The summed E-state index contributed by atoms with van der Waals surface area (Å²) in [6, 6.07) is 19.9. The second-order valence-electron chi connectivity index (χ2n) is 11.6. The summed E-state index contributed by atoms with van der Waals surface area (Å²) in [6.07, 6.45) is 8.80. The number of hydrogen-bond acceptors (Lipinski definition) is 5. The molecule has 5 heterocycles. The van der Waals surface area contributed by atoms with E-state index in [2.05, 4.69) is 46.3 Å². The Hall–Kier alpha value is -4.39. The molecular weight excluding hydrogens is 515 g/mol. The van der Waals surface area contributed by atoms with Gasteiger partial charge >= 0.3 is 0 Å². The molecule has 0 amide bonds. The molecule has 2 atom stereocenters. The molecule has 3 aromatic carbocycles. The standard InChI is InChI=1S/C34H31FN4O2/c1-22-18-38(21-37-22)30-11-8-24(27-13-15-40-32(27)30)16-25-17-34(20-41-31-5-3-2-4-28(31)34)19-39-29(12-14-36-33(25)39)23-6-9-26(35)10-7-23/h2-11,16,18,21,29H,12-15,17,19-20H2,1H3/b25-16+. The minimum absolute atomic E-state index is 0.123. The SMILES string of the molecule is Cc1cn(-c2ccc(/C=C3\CC4(COc5ccccc54)CN4C3=NCCC4c3ccc(F)cc3)c3c2OCC3)cn1. The highest BCUT2D eigenvalue weighted by atomic mass is 19.1. The summed E-state index contributed by atoms with van der Waals surface area (Å²) >= 11 is 0. The van der Waals surface area contributed by atoms with Gasteiger partial charge < -0.3 is 18.9 Å². The number of imidazole rings is 1. The number of aryl methyl sites for hydroxylation is 1. The highest BCUT2D eigenvalue weighted by Gasteiger charge is 2.49. The Bertz CT molecular complexity index is 1720. The second kappa shape index (κ2) is 9.33. The predicted molar refractivity (Wildman–Crippen MR) is 156 cm³/mol. The summed E-state index contributed by atoms with van der Waals surface area (Å²) in [5.74, 6) is 2.74. The van der Waals surface area contributed by atoms with Crippen molar-refractivity contribution in [2.24, 2.45) is 4.99 Å². The first-order valence-electron chi connectivity index (χ1n) is 14.4. The van der Waals surface area contributed by atoms with Crippen LogP contribution in [0.1, 0.15) is 46.8 Å². The predicted octanol–water partition coefficient (Wildman–Crippen LogP) is 6.22. The maximum absolute atomic E-state index is 13.9. The van der Waals surface area contributed by atoms with Crippen molar-refractivity contribution in [1.29, 1.82) is 0 Å². The summed E-state index contributed by atoms with van der Waals surface area (Å²) in [7, 11) is 0. The van der Waals surface area contributed by atoms with Crippen LogP contribution in [0.4, 0.5) is 4.39 Å². The average molecular weight is 547 g/mol. The molecule has 7 heteroatoms. The van der Waals surface area contributed by atoms with Gasteiger partial charge in [0.25, 0.3) is 0 Å². The molecule has 1 spiro atoms. The van der Waals surface area contributed by atoms with E-state index in [4.69, 9.17) is 14.5 Å². The third kappa shape index (κ3) is 3.97. The maximum atomic E-state index is 13.9. The summed E-state index contributed by atoms with van der Waals surface area (Å²) in [5, 5.41) is 0. The molecule has 41 heavy (non-hydrogen) atoms. The van der Waals surface area contributed by atoms with Crippen LogP contribution in [0.5, 0.6) is 11.5 Å². The highest BCUT2D eigenvalue weighted by molar-refractivity contribution is 6.04. The minimum Gasteiger partial charge on any atom is -0.492 e. The van der Waals surface area contributed by atoms with Gasteiger partial charge in [0.2, 0.25) is 0 Å². The molecule has 0 bridgehead atoms. The maximum Gasteiger partial charge on any atom is 0.147 e. The number of halogens is 1. The molecular formula is C34H31FN4O2. The third-order valence-corrected chi connectivity index (χ3v) is 9.01. The van der Waals surface area contributed by atoms with E-state index in [0.29, 0.717) is 13.2 Å². The van der Waals surface area contributed by atoms with Crippen molar-refractivity contribution in [2.45, 2.75) is 37.6 Å². The Kier molecular flexibility index (Phi) is 5.56. The number of piperidine rings is 1. The molecule has 0 saturated carbocycles. The van der Waals surface area contributed by atoms with Gasteiger partial charge in [0.05, 0.1) is 35.8 Å². The van der Waals surface area contributed by atoms with Gasteiger partial charge in [-0.1, -0.05) is 36.4 Å². The van der Waals surface area contributed by atoms with Crippen LogP contribution in [-0.4, -0.2) is 46.6 Å². The first kappa shape index (κ1) is 24.4. The zero-order valence-electron chi connectivity index (χ0n) is 23.0. The Morgan fingerprint density at radius 3 is 2.78 bits per heavy atom. The van der Waals surface area contributed by atoms with Crippen LogP contribution in [0.15, 0.2) is 83.8 Å². The van der Waals surface area contributed by atoms with E-state index >= 15 is 0 Å². The molecule has 4 aliphatic rings. The zero-order chi connectivity index (χ0) is 27.6. The van der Waals surface area contributed by atoms with Gasteiger partial charge in [-0.2, -0.15) is 0 Å². The van der Waals surface area contributed by atoms with E-state index in [1.165, 1.54) is 22.3 Å². The van der Waals surface area contributed by atoms with Crippen LogP contribution in [0, 0.1) is 12.7 Å². The fourth-order valence-electron chi connectivity index (χ4n) is 7.12. The first-order chi connectivity index (χ1) is 20.1. The van der Waals surface area contributed by atoms with Crippen LogP contribution < -0.4 is 9.47 Å². The van der Waals surface area contributed by atoms with Crippen LogP contribution in [0.3, 0.4) is 0 Å². The minimum atomic E-state index is -0.211. The number of ether oxygens (including phenoxy) is 2. The van der Waals surface area contributed by atoms with Crippen molar-refractivity contribution in [3.8, 4) is 17.2 Å². The summed E-state index contributed by atoms with van der Waals surface area (Å²) in [5.41, 5.74) is 7.79. The zero-order valence-corrected chi connectivity index (χ0v) is 23.0. The molecule has 4 aliphatic heterocycles. The molecule has 1 aromatic heterocycles. The van der Waals surface area contributed by atoms with Crippen molar-refractivity contribution >= 4 is 11.9 Å². The smallest absolute Gasteiger partial charge is 0.147 e. The molecule has 0 radical (unpaired) electrons. The van der Waals surface area contributed by atoms with E-state index in [1.54, 1.807) is 12.1 Å². The fraction of sp³-hybridized carbons (Fsp3) is 0.294. The van der Waals surface area contributed by atoms with E-state index < -0.39 is 0 Å². The van der Waals surface area contributed by atoms with Crippen molar-refractivity contribution < 1.29 is 13.9 Å². The second-order valence-corrected chi connectivity index (χ2v) is 11.6. The number of aromatic nitrogens is 2. The Balaban J connectivity index is 1.25. The van der Waals surface area contributed by atoms with Crippen LogP contribution >= 0.6 is 0 Å². The molecule has 1 saturated heterocycles. The Morgan fingerprint density at radius 1 is 1.05 bits per heavy atom. The van der Waals surface area contributed by atoms with Crippen LogP contribution in [-0.2, 0) is 11.8 Å². The molecule has 206 valence electrons. The van der Waals surface area contributed by atoms with Crippen molar-refractivity contribution in [2.75, 3.05) is 26.3 Å². The number of rotatable bonds is 3. The van der Waals surface area contributed by atoms with E-state index in [1.807, 2.05) is 42.2 Å². The molecule has 0 N–H and O–H groups in total. The summed E-state index contributed by atoms with van der Waals surface area (Å²) < 4.78 is 28.4. The molecule has 4 aromatic rings. The van der Waals surface area contributed by atoms with Gasteiger partial charge in [0.15, 0.2) is 0 Å². The van der Waals surface area contributed by atoms with Crippen molar-refractivity contribution in [3.05, 3.63) is 113 Å². The van der Waals surface area contributed by atoms with Crippen LogP contribution in [0.25, 0.3) is 11.8 Å². The lowest BCUT2D eigenvalue weighted by Gasteiger charge is -2.48. The van der Waals surface area contributed by atoms with Gasteiger partial charge in [-0.05, 0) is 66.8 Å². The van der Waals surface area contributed by atoms with Gasteiger partial charge in [-0.15, -0.1) is 0 Å². The highest BCUT2D eigenvalue weighted by Crippen LogP contribution is 2.49. The average Bonchev–Trinajstić information content (AvgIpc) is 3.74. The number of aliphatic imine (C=N–C) groups is 1. The van der Waals surface area contributed by atoms with Gasteiger partial charge in [0.1, 0.15) is 29.8 Å². The topological polar surface area (TPSA) is 51.9 Å². The quantitative estimate of drug-likeness (QED) is 0.306. The van der Waals surface area contributed by atoms with E-state index in [9.17, 15) is 4.39 Å². The van der Waals surface area contributed by atoms with E-state index in [0.717, 1.165) is 66.6 Å². The Labute approximate surface area is 238 Å². The third-order valence-electron chi connectivity index (χ3n) is 9.01. The number of para-hydroxylation sites is 1. The summed E-state index contributed by atoms with van der Waals surface area (Å²) in [6.45, 7) is 4.84. The van der Waals surface area contributed by atoms with Gasteiger partial charge in [-0.3, -0.25) is 4.99 Å². The molecule has 8 rings (SSSR count).